The lowest BCUT2D eigenvalue weighted by atomic mass is 10.2. The predicted molar refractivity (Wildman–Crippen MR) is 144 cm³/mol. The summed E-state index contributed by atoms with van der Waals surface area (Å²) in [5.41, 5.74) is 5.21. The molecule has 0 fully saturated rings. The van der Waals surface area contributed by atoms with Crippen LogP contribution in [0.25, 0.3) is 0 Å². The molecule has 0 aliphatic rings. The quantitative estimate of drug-likeness (QED) is 0.272. The predicted octanol–water partition coefficient (Wildman–Crippen LogP) is 5.47. The van der Waals surface area contributed by atoms with Crippen molar-refractivity contribution in [2.24, 2.45) is 0 Å². The molecular weight excluding hydrogens is 440 g/mol. The molecule has 0 saturated heterocycles. The molecule has 0 aliphatic heterocycles. The first-order valence-electron chi connectivity index (χ1n) is 11.1. The number of quaternary nitrogens is 1. The van der Waals surface area contributed by atoms with Crippen LogP contribution in [0, 0.1) is 0 Å². The fourth-order valence-corrected chi connectivity index (χ4v) is 3.68. The standard InChI is InChI=1S/C15H15NS2.C14H15N/c17-15(18)16(11-13-7-3-1-4-8-13)12-14-9-5-2-6-10-14;1-3-7-13(8-4-1)11-15-12-14-9-5-2-6-10-14/h1-10H,11-12H2,(H,17,18);1-10,15H,11-12H2. The van der Waals surface area contributed by atoms with Gasteiger partial charge in [0.25, 0.3) is 0 Å². The lowest BCUT2D eigenvalue weighted by molar-refractivity contribution is -0.686. The lowest BCUT2D eigenvalue weighted by Gasteiger charge is -2.28. The molecule has 4 rings (SSSR count). The van der Waals surface area contributed by atoms with E-state index < -0.39 is 0 Å². The molecule has 2 nitrogen and oxygen atoms in total. The molecule has 4 aromatic rings. The SMILES string of the molecule is S=C([S-])N(Cc1ccccc1)Cc1ccccc1.c1ccc(C[NH2+]Cc2ccccc2)cc1. The summed E-state index contributed by atoms with van der Waals surface area (Å²) in [7, 11) is 0. The molecule has 33 heavy (non-hydrogen) atoms. The summed E-state index contributed by atoms with van der Waals surface area (Å²) in [6.07, 6.45) is 0. The average Bonchev–Trinajstić information content (AvgIpc) is 2.87. The van der Waals surface area contributed by atoms with Crippen LogP contribution in [0.2, 0.25) is 0 Å². The van der Waals surface area contributed by atoms with Crippen molar-refractivity contribution in [2.45, 2.75) is 26.2 Å². The van der Waals surface area contributed by atoms with E-state index >= 15 is 0 Å². The number of thiocarbonyl (C=S) groups is 1. The Kier molecular flexibility index (Phi) is 10.6. The summed E-state index contributed by atoms with van der Waals surface area (Å²) >= 11 is 10.3. The molecule has 0 spiro atoms. The van der Waals surface area contributed by atoms with Gasteiger partial charge in [0.1, 0.15) is 13.1 Å². The van der Waals surface area contributed by atoms with Gasteiger partial charge in [-0.05, 0) is 11.1 Å². The van der Waals surface area contributed by atoms with Crippen LogP contribution in [0.4, 0.5) is 0 Å². The van der Waals surface area contributed by atoms with Crippen molar-refractivity contribution >= 4 is 29.2 Å². The smallest absolute Gasteiger partial charge is 0.101 e. The summed E-state index contributed by atoms with van der Waals surface area (Å²) < 4.78 is 0.516. The fraction of sp³-hybridized carbons (Fsp3) is 0.138. The molecule has 2 N–H and O–H groups in total. The Balaban J connectivity index is 0.000000189. The molecule has 0 heterocycles. The first-order valence-corrected chi connectivity index (χ1v) is 12.0. The van der Waals surface area contributed by atoms with Gasteiger partial charge in [-0.2, -0.15) is 0 Å². The second-order valence-corrected chi connectivity index (χ2v) is 8.79. The number of rotatable bonds is 8. The van der Waals surface area contributed by atoms with Crippen LogP contribution in [0.3, 0.4) is 0 Å². The van der Waals surface area contributed by atoms with Gasteiger partial charge in [0, 0.05) is 24.2 Å². The molecule has 0 bridgehead atoms. The molecule has 4 heteroatoms. The van der Waals surface area contributed by atoms with E-state index in [4.69, 9.17) is 24.8 Å². The van der Waals surface area contributed by atoms with Gasteiger partial charge < -0.3 is 35.1 Å². The number of nitrogens with two attached hydrogens (primary N) is 1. The summed E-state index contributed by atoms with van der Waals surface area (Å²) in [5.74, 6) is 0. The van der Waals surface area contributed by atoms with Crippen molar-refractivity contribution < 1.29 is 5.32 Å². The lowest BCUT2D eigenvalue weighted by Crippen LogP contribution is -2.80. The average molecular weight is 471 g/mol. The van der Waals surface area contributed by atoms with E-state index in [9.17, 15) is 0 Å². The zero-order chi connectivity index (χ0) is 23.1. The van der Waals surface area contributed by atoms with Crippen LogP contribution in [-0.4, -0.2) is 9.22 Å². The Bertz CT molecular complexity index is 975. The molecule has 0 amide bonds. The minimum absolute atomic E-state index is 0.516. The maximum absolute atomic E-state index is 5.16. The van der Waals surface area contributed by atoms with Gasteiger partial charge in [-0.1, -0.05) is 126 Å². The molecule has 0 aliphatic carbocycles. The van der Waals surface area contributed by atoms with Crippen molar-refractivity contribution in [3.63, 3.8) is 0 Å². The summed E-state index contributed by atoms with van der Waals surface area (Å²) in [5, 5.41) is 2.32. The first kappa shape index (κ1) is 24.6. The van der Waals surface area contributed by atoms with Crippen LogP contribution in [0.1, 0.15) is 22.3 Å². The number of benzene rings is 4. The van der Waals surface area contributed by atoms with E-state index in [0.717, 1.165) is 26.2 Å². The highest BCUT2D eigenvalue weighted by atomic mass is 32.1. The van der Waals surface area contributed by atoms with E-state index in [0.29, 0.717) is 4.32 Å². The summed E-state index contributed by atoms with van der Waals surface area (Å²) in [6, 6.07) is 41.6. The third kappa shape index (κ3) is 9.54. The van der Waals surface area contributed by atoms with Crippen molar-refractivity contribution in [1.29, 1.82) is 0 Å². The van der Waals surface area contributed by atoms with Crippen molar-refractivity contribution in [1.82, 2.24) is 4.90 Å². The first-order chi connectivity index (χ1) is 16.2. The molecular formula is C29H30N2S2. The molecule has 0 aromatic heterocycles. The molecule has 168 valence electrons. The third-order valence-corrected chi connectivity index (χ3v) is 5.65. The second-order valence-electron chi connectivity index (χ2n) is 7.76. The monoisotopic (exact) mass is 470 g/mol. The number of hydrogen-bond acceptors (Lipinski definition) is 2. The van der Waals surface area contributed by atoms with Gasteiger partial charge in [-0.3, -0.25) is 0 Å². The zero-order valence-electron chi connectivity index (χ0n) is 18.7. The van der Waals surface area contributed by atoms with E-state index in [2.05, 4.69) is 90.2 Å². The van der Waals surface area contributed by atoms with Crippen LogP contribution in [0.5, 0.6) is 0 Å². The molecule has 0 radical (unpaired) electrons. The minimum Gasteiger partial charge on any atom is -0.411 e. The van der Waals surface area contributed by atoms with Crippen LogP contribution >= 0.6 is 12.2 Å². The van der Waals surface area contributed by atoms with Crippen LogP contribution in [0.15, 0.2) is 121 Å². The van der Waals surface area contributed by atoms with E-state index in [-0.39, 0.29) is 0 Å². The van der Waals surface area contributed by atoms with Crippen molar-refractivity contribution in [3.8, 4) is 0 Å². The largest absolute Gasteiger partial charge is 0.411 e. The highest BCUT2D eigenvalue weighted by molar-refractivity contribution is 8.00. The molecule has 0 atom stereocenters. The Morgan fingerprint density at radius 3 is 1.15 bits per heavy atom. The maximum Gasteiger partial charge on any atom is 0.101 e. The van der Waals surface area contributed by atoms with Crippen molar-refractivity contribution in [2.75, 3.05) is 0 Å². The summed E-state index contributed by atoms with van der Waals surface area (Å²) in [4.78, 5) is 2.04. The summed E-state index contributed by atoms with van der Waals surface area (Å²) in [6.45, 7) is 3.63. The van der Waals surface area contributed by atoms with Crippen LogP contribution in [-0.2, 0) is 38.8 Å². The Morgan fingerprint density at radius 2 is 0.848 bits per heavy atom. The highest BCUT2D eigenvalue weighted by Crippen LogP contribution is 2.10. The minimum atomic E-state index is 0.516. The third-order valence-electron chi connectivity index (χ3n) is 5.14. The molecule has 4 aromatic carbocycles. The van der Waals surface area contributed by atoms with E-state index in [1.54, 1.807) is 0 Å². The van der Waals surface area contributed by atoms with Gasteiger partial charge in [0.05, 0.1) is 0 Å². The Morgan fingerprint density at radius 1 is 0.545 bits per heavy atom. The fourth-order valence-electron chi connectivity index (χ4n) is 3.43. The Hall–Kier alpha value is -3.05. The Labute approximate surface area is 208 Å². The van der Waals surface area contributed by atoms with Crippen LogP contribution < -0.4 is 5.32 Å². The highest BCUT2D eigenvalue weighted by Gasteiger charge is 2.03. The topological polar surface area (TPSA) is 19.9 Å². The second kappa shape index (κ2) is 14.2. The van der Waals surface area contributed by atoms with Gasteiger partial charge >= 0.3 is 0 Å². The van der Waals surface area contributed by atoms with Gasteiger partial charge in [-0.25, -0.2) is 0 Å². The maximum atomic E-state index is 5.16. The molecule has 0 saturated carbocycles. The van der Waals surface area contributed by atoms with E-state index in [1.165, 1.54) is 22.3 Å². The zero-order valence-corrected chi connectivity index (χ0v) is 20.3. The number of nitrogens with zero attached hydrogens (tertiary/aromatic N) is 1. The van der Waals surface area contributed by atoms with Gasteiger partial charge in [0.2, 0.25) is 0 Å². The van der Waals surface area contributed by atoms with Crippen molar-refractivity contribution in [3.05, 3.63) is 144 Å². The van der Waals surface area contributed by atoms with E-state index in [1.807, 2.05) is 41.3 Å². The normalized spacial score (nSPS) is 10.1. The molecule has 0 unspecified atom stereocenters. The van der Waals surface area contributed by atoms with Gasteiger partial charge in [-0.15, -0.1) is 0 Å². The van der Waals surface area contributed by atoms with Gasteiger partial charge in [0.15, 0.2) is 0 Å². The number of hydrogen-bond donors (Lipinski definition) is 1.